The lowest BCUT2D eigenvalue weighted by Gasteiger charge is -2.34. The zero-order chi connectivity index (χ0) is 21.6. The number of nitrogens with two attached hydrogens (primary N) is 2. The molecule has 0 aromatic heterocycles. The number of ether oxygens (including phenoxy) is 1. The Balaban J connectivity index is 1.57. The number of anilines is 1. The second-order valence-corrected chi connectivity index (χ2v) is 8.23. The number of carbonyl (C=O) groups is 2. The van der Waals surface area contributed by atoms with Crippen molar-refractivity contribution in [2.45, 2.75) is 51.0 Å². The molecule has 2 aromatic rings. The SMILES string of the molecule is COc1ccc(CC(N)C(=O)Nc2ccc(CC3(C(N)=O)CCCCC3)cc2)cc1. The van der Waals surface area contributed by atoms with Crippen molar-refractivity contribution in [3.05, 3.63) is 59.7 Å². The summed E-state index contributed by atoms with van der Waals surface area (Å²) in [5, 5.41) is 2.87. The van der Waals surface area contributed by atoms with Gasteiger partial charge in [0.2, 0.25) is 11.8 Å². The average molecular weight is 410 g/mol. The molecule has 0 spiro atoms. The molecule has 1 fully saturated rings. The average Bonchev–Trinajstić information content (AvgIpc) is 2.76. The minimum Gasteiger partial charge on any atom is -0.497 e. The van der Waals surface area contributed by atoms with Gasteiger partial charge in [0.25, 0.3) is 0 Å². The second-order valence-electron chi connectivity index (χ2n) is 8.23. The number of hydrogen-bond donors (Lipinski definition) is 3. The third-order valence-corrected chi connectivity index (χ3v) is 6.05. The summed E-state index contributed by atoms with van der Waals surface area (Å²) in [4.78, 5) is 24.6. The lowest BCUT2D eigenvalue weighted by Crippen LogP contribution is -2.40. The van der Waals surface area contributed by atoms with Crippen LogP contribution in [-0.2, 0) is 22.4 Å². The number of carbonyl (C=O) groups excluding carboxylic acids is 2. The minimum atomic E-state index is -0.654. The smallest absolute Gasteiger partial charge is 0.241 e. The zero-order valence-electron chi connectivity index (χ0n) is 17.5. The molecule has 6 heteroatoms. The van der Waals surface area contributed by atoms with Crippen LogP contribution >= 0.6 is 0 Å². The first-order valence-electron chi connectivity index (χ1n) is 10.5. The normalized spacial score (nSPS) is 16.5. The molecule has 6 nitrogen and oxygen atoms in total. The molecule has 1 saturated carbocycles. The molecule has 3 rings (SSSR count). The fraction of sp³-hybridized carbons (Fsp3) is 0.417. The van der Waals surface area contributed by atoms with Crippen LogP contribution in [-0.4, -0.2) is 25.0 Å². The zero-order valence-corrected chi connectivity index (χ0v) is 17.5. The molecule has 0 radical (unpaired) electrons. The highest BCUT2D eigenvalue weighted by molar-refractivity contribution is 5.94. The molecule has 0 aliphatic heterocycles. The lowest BCUT2D eigenvalue weighted by molar-refractivity contribution is -0.129. The van der Waals surface area contributed by atoms with Gasteiger partial charge in [-0.1, -0.05) is 43.5 Å². The van der Waals surface area contributed by atoms with Crippen LogP contribution in [0.3, 0.4) is 0 Å². The molecule has 2 amide bonds. The number of benzene rings is 2. The van der Waals surface area contributed by atoms with Gasteiger partial charge < -0.3 is 21.5 Å². The number of methoxy groups -OCH3 is 1. The van der Waals surface area contributed by atoms with Gasteiger partial charge >= 0.3 is 0 Å². The first kappa shape index (κ1) is 21.8. The van der Waals surface area contributed by atoms with Crippen molar-refractivity contribution in [3.63, 3.8) is 0 Å². The van der Waals surface area contributed by atoms with Crippen molar-refractivity contribution in [2.75, 3.05) is 12.4 Å². The van der Waals surface area contributed by atoms with Crippen molar-refractivity contribution in [2.24, 2.45) is 16.9 Å². The highest BCUT2D eigenvalue weighted by Crippen LogP contribution is 2.39. The molecule has 2 aromatic carbocycles. The van der Waals surface area contributed by atoms with E-state index in [2.05, 4.69) is 5.32 Å². The summed E-state index contributed by atoms with van der Waals surface area (Å²) >= 11 is 0. The summed E-state index contributed by atoms with van der Waals surface area (Å²) in [7, 11) is 1.61. The maximum absolute atomic E-state index is 12.5. The quantitative estimate of drug-likeness (QED) is 0.622. The van der Waals surface area contributed by atoms with Gasteiger partial charge in [-0.25, -0.2) is 0 Å². The highest BCUT2D eigenvalue weighted by Gasteiger charge is 2.37. The molecule has 30 heavy (non-hydrogen) atoms. The Hall–Kier alpha value is -2.86. The fourth-order valence-corrected chi connectivity index (χ4v) is 4.18. The van der Waals surface area contributed by atoms with E-state index in [1.807, 2.05) is 48.5 Å². The Labute approximate surface area is 178 Å². The second kappa shape index (κ2) is 9.76. The van der Waals surface area contributed by atoms with E-state index in [0.29, 0.717) is 18.5 Å². The van der Waals surface area contributed by atoms with Crippen molar-refractivity contribution in [3.8, 4) is 5.75 Å². The highest BCUT2D eigenvalue weighted by atomic mass is 16.5. The minimum absolute atomic E-state index is 0.205. The molecule has 0 heterocycles. The van der Waals surface area contributed by atoms with E-state index >= 15 is 0 Å². The summed E-state index contributed by atoms with van der Waals surface area (Å²) < 4.78 is 5.14. The fourth-order valence-electron chi connectivity index (χ4n) is 4.18. The summed E-state index contributed by atoms with van der Waals surface area (Å²) in [6.07, 6.45) is 6.04. The number of rotatable bonds is 8. The first-order valence-corrected chi connectivity index (χ1v) is 10.5. The molecule has 0 bridgehead atoms. The predicted molar refractivity (Wildman–Crippen MR) is 118 cm³/mol. The first-order chi connectivity index (χ1) is 14.4. The predicted octanol–water partition coefficient (Wildman–Crippen LogP) is 3.18. The van der Waals surface area contributed by atoms with E-state index in [4.69, 9.17) is 16.2 Å². The Morgan fingerprint density at radius 2 is 1.60 bits per heavy atom. The van der Waals surface area contributed by atoms with Crippen LogP contribution in [0.4, 0.5) is 5.69 Å². The van der Waals surface area contributed by atoms with Gasteiger partial charge in [-0.05, 0) is 61.1 Å². The van der Waals surface area contributed by atoms with E-state index in [1.54, 1.807) is 7.11 Å². The topological polar surface area (TPSA) is 107 Å². The van der Waals surface area contributed by atoms with E-state index in [9.17, 15) is 9.59 Å². The van der Waals surface area contributed by atoms with Gasteiger partial charge in [0.15, 0.2) is 0 Å². The monoisotopic (exact) mass is 409 g/mol. The lowest BCUT2D eigenvalue weighted by atomic mass is 9.70. The molecule has 1 aliphatic carbocycles. The van der Waals surface area contributed by atoms with Gasteiger partial charge in [-0.15, -0.1) is 0 Å². The summed E-state index contributed by atoms with van der Waals surface area (Å²) in [5.41, 5.74) is 14.1. The van der Waals surface area contributed by atoms with E-state index in [1.165, 1.54) is 0 Å². The van der Waals surface area contributed by atoms with Crippen LogP contribution in [0, 0.1) is 5.41 Å². The Morgan fingerprint density at radius 1 is 1.00 bits per heavy atom. The van der Waals surface area contributed by atoms with E-state index in [-0.39, 0.29) is 11.8 Å². The van der Waals surface area contributed by atoms with Crippen LogP contribution in [0.15, 0.2) is 48.5 Å². The van der Waals surface area contributed by atoms with Gasteiger partial charge in [-0.2, -0.15) is 0 Å². The molecule has 1 aliphatic rings. The largest absolute Gasteiger partial charge is 0.497 e. The molecular formula is C24H31N3O3. The molecule has 0 saturated heterocycles. The van der Waals surface area contributed by atoms with Gasteiger partial charge in [0.05, 0.1) is 18.6 Å². The Kier molecular flexibility index (Phi) is 7.11. The maximum atomic E-state index is 12.5. The van der Waals surface area contributed by atoms with Crippen LogP contribution < -0.4 is 21.5 Å². The Bertz CT molecular complexity index is 856. The van der Waals surface area contributed by atoms with Crippen LogP contribution in [0.1, 0.15) is 43.2 Å². The number of hydrogen-bond acceptors (Lipinski definition) is 4. The Morgan fingerprint density at radius 3 is 2.17 bits per heavy atom. The number of amides is 2. The van der Waals surface area contributed by atoms with Crippen molar-refractivity contribution >= 4 is 17.5 Å². The van der Waals surface area contributed by atoms with Crippen molar-refractivity contribution in [1.82, 2.24) is 0 Å². The van der Waals surface area contributed by atoms with E-state index < -0.39 is 11.5 Å². The molecule has 1 unspecified atom stereocenters. The van der Waals surface area contributed by atoms with Gasteiger partial charge in [-0.3, -0.25) is 9.59 Å². The molecule has 1 atom stereocenters. The summed E-state index contributed by atoms with van der Waals surface area (Å²) in [6.45, 7) is 0. The van der Waals surface area contributed by atoms with Gasteiger partial charge in [0.1, 0.15) is 5.75 Å². The third-order valence-electron chi connectivity index (χ3n) is 6.05. The van der Waals surface area contributed by atoms with Gasteiger partial charge in [0, 0.05) is 5.69 Å². The van der Waals surface area contributed by atoms with E-state index in [0.717, 1.165) is 49.0 Å². The molecular weight excluding hydrogens is 378 g/mol. The van der Waals surface area contributed by atoms with Crippen molar-refractivity contribution < 1.29 is 14.3 Å². The van der Waals surface area contributed by atoms with Crippen LogP contribution in [0.2, 0.25) is 0 Å². The molecule has 160 valence electrons. The number of primary amides is 1. The van der Waals surface area contributed by atoms with Crippen LogP contribution in [0.25, 0.3) is 0 Å². The maximum Gasteiger partial charge on any atom is 0.241 e. The third kappa shape index (κ3) is 5.39. The van der Waals surface area contributed by atoms with Crippen molar-refractivity contribution in [1.29, 1.82) is 0 Å². The molecule has 5 N–H and O–H groups in total. The van der Waals surface area contributed by atoms with Crippen LogP contribution in [0.5, 0.6) is 5.75 Å². The summed E-state index contributed by atoms with van der Waals surface area (Å²) in [5.74, 6) is 0.326. The summed E-state index contributed by atoms with van der Waals surface area (Å²) in [6, 6.07) is 14.5. The number of nitrogens with one attached hydrogen (secondary N) is 1. The standard InChI is InChI=1S/C24H31N3O3/c1-30-20-11-7-17(8-12-20)15-21(25)22(28)27-19-9-5-18(6-10-19)16-24(23(26)29)13-3-2-4-14-24/h5-12,21H,2-4,13-16,25H2,1H3,(H2,26,29)(H,27,28).